The van der Waals surface area contributed by atoms with Crippen LogP contribution in [0.1, 0.15) is 10.5 Å². The highest BCUT2D eigenvalue weighted by Crippen LogP contribution is 1.93. The zero-order valence-electron chi connectivity index (χ0n) is 7.36. The number of aliphatic carboxylic acids is 1. The fraction of sp³-hybridized carbons (Fsp3) is 0.250. The van der Waals surface area contributed by atoms with Crippen LogP contribution in [0.4, 0.5) is 0 Å². The molecule has 1 atom stereocenters. The monoisotopic (exact) mass is 197 g/mol. The standard InChI is InChI=1S/C8H11N3O3/c9-5(8(13)14)4-11-7(12)6-2-1-3-10-6/h1-3,5,10H,4,9H2,(H,11,12)(H,13,14). The van der Waals surface area contributed by atoms with Crippen LogP contribution >= 0.6 is 0 Å². The number of rotatable bonds is 4. The van der Waals surface area contributed by atoms with E-state index in [1.54, 1.807) is 18.3 Å². The maximum atomic E-state index is 11.2. The van der Waals surface area contributed by atoms with Gasteiger partial charge in [0.15, 0.2) is 0 Å². The Hall–Kier alpha value is -1.82. The fourth-order valence-electron chi connectivity index (χ4n) is 0.857. The van der Waals surface area contributed by atoms with Crippen LogP contribution in [-0.4, -0.2) is 34.6 Å². The third kappa shape index (κ3) is 2.60. The van der Waals surface area contributed by atoms with E-state index in [9.17, 15) is 9.59 Å². The summed E-state index contributed by atoms with van der Waals surface area (Å²) in [5, 5.41) is 10.8. The summed E-state index contributed by atoms with van der Waals surface area (Å²) >= 11 is 0. The molecule has 0 aliphatic heterocycles. The summed E-state index contributed by atoms with van der Waals surface area (Å²) in [6.45, 7) is -0.0901. The third-order valence-electron chi connectivity index (χ3n) is 1.64. The normalized spacial score (nSPS) is 12.1. The van der Waals surface area contributed by atoms with Crippen molar-refractivity contribution < 1.29 is 14.7 Å². The van der Waals surface area contributed by atoms with Gasteiger partial charge in [-0.1, -0.05) is 0 Å². The molecule has 6 nitrogen and oxygen atoms in total. The van der Waals surface area contributed by atoms with Crippen molar-refractivity contribution in [2.75, 3.05) is 6.54 Å². The molecule has 1 rings (SSSR count). The summed E-state index contributed by atoms with van der Waals surface area (Å²) in [6.07, 6.45) is 1.60. The number of hydrogen-bond acceptors (Lipinski definition) is 3. The molecule has 0 spiro atoms. The summed E-state index contributed by atoms with van der Waals surface area (Å²) in [4.78, 5) is 24.2. The third-order valence-corrected chi connectivity index (χ3v) is 1.64. The summed E-state index contributed by atoms with van der Waals surface area (Å²) < 4.78 is 0. The van der Waals surface area contributed by atoms with E-state index in [0.29, 0.717) is 5.69 Å². The molecule has 1 aromatic heterocycles. The number of H-pyrrole nitrogens is 1. The predicted octanol–water partition coefficient (Wildman–Crippen LogP) is -0.844. The second kappa shape index (κ2) is 4.43. The molecule has 5 N–H and O–H groups in total. The number of carboxylic acid groups (broad SMARTS) is 1. The van der Waals surface area contributed by atoms with Crippen LogP contribution in [0.25, 0.3) is 0 Å². The first-order valence-electron chi connectivity index (χ1n) is 4.01. The van der Waals surface area contributed by atoms with E-state index in [4.69, 9.17) is 10.8 Å². The van der Waals surface area contributed by atoms with Crippen LogP contribution in [-0.2, 0) is 4.79 Å². The Bertz CT molecular complexity index is 321. The van der Waals surface area contributed by atoms with Gasteiger partial charge in [0.05, 0.1) is 0 Å². The Morgan fingerprint density at radius 1 is 1.64 bits per heavy atom. The van der Waals surface area contributed by atoms with Crippen molar-refractivity contribution in [2.45, 2.75) is 6.04 Å². The van der Waals surface area contributed by atoms with Crippen molar-refractivity contribution in [3.8, 4) is 0 Å². The molecule has 76 valence electrons. The molecule has 1 heterocycles. The van der Waals surface area contributed by atoms with Crippen LogP contribution in [0.2, 0.25) is 0 Å². The number of carboxylic acids is 1. The molecule has 0 aliphatic carbocycles. The van der Waals surface area contributed by atoms with E-state index < -0.39 is 12.0 Å². The maximum Gasteiger partial charge on any atom is 0.322 e. The first kappa shape index (κ1) is 10.3. The van der Waals surface area contributed by atoms with Crippen LogP contribution in [0.3, 0.4) is 0 Å². The molecule has 0 aromatic carbocycles. The zero-order valence-corrected chi connectivity index (χ0v) is 7.36. The number of carbonyl (C=O) groups is 2. The average Bonchev–Trinajstić information content (AvgIpc) is 2.66. The molecule has 6 heteroatoms. The Morgan fingerprint density at radius 2 is 2.36 bits per heavy atom. The smallest absolute Gasteiger partial charge is 0.322 e. The lowest BCUT2D eigenvalue weighted by atomic mass is 10.3. The molecule has 0 saturated carbocycles. The highest BCUT2D eigenvalue weighted by molar-refractivity contribution is 5.92. The van der Waals surface area contributed by atoms with Gasteiger partial charge < -0.3 is 21.1 Å². The molecule has 0 radical (unpaired) electrons. The fourth-order valence-corrected chi connectivity index (χ4v) is 0.857. The van der Waals surface area contributed by atoms with Gasteiger partial charge >= 0.3 is 5.97 Å². The Kier molecular flexibility index (Phi) is 3.24. The largest absolute Gasteiger partial charge is 0.480 e. The molecule has 14 heavy (non-hydrogen) atoms. The van der Waals surface area contributed by atoms with Gasteiger partial charge in [0.2, 0.25) is 0 Å². The minimum atomic E-state index is -1.14. The molecule has 0 saturated heterocycles. The molecule has 1 unspecified atom stereocenters. The SMILES string of the molecule is NC(CNC(=O)c1ccc[nH]1)C(=O)O. The van der Waals surface area contributed by atoms with Crippen molar-refractivity contribution in [1.29, 1.82) is 0 Å². The number of aromatic amines is 1. The van der Waals surface area contributed by atoms with Gasteiger partial charge in [-0.3, -0.25) is 9.59 Å². The summed E-state index contributed by atoms with van der Waals surface area (Å²) in [7, 11) is 0. The second-order valence-corrected chi connectivity index (χ2v) is 2.74. The lowest BCUT2D eigenvalue weighted by Gasteiger charge is -2.06. The minimum Gasteiger partial charge on any atom is -0.480 e. The van der Waals surface area contributed by atoms with E-state index in [0.717, 1.165) is 0 Å². The Morgan fingerprint density at radius 3 is 2.86 bits per heavy atom. The summed E-state index contributed by atoms with van der Waals surface area (Å²) in [6, 6.07) is 2.18. The van der Waals surface area contributed by atoms with Gasteiger partial charge in [-0.15, -0.1) is 0 Å². The maximum absolute atomic E-state index is 11.2. The van der Waals surface area contributed by atoms with E-state index in [1.807, 2.05) is 0 Å². The van der Waals surface area contributed by atoms with E-state index in [2.05, 4.69) is 10.3 Å². The zero-order chi connectivity index (χ0) is 10.6. The van der Waals surface area contributed by atoms with Crippen molar-refractivity contribution in [3.05, 3.63) is 24.0 Å². The van der Waals surface area contributed by atoms with Gasteiger partial charge in [0.1, 0.15) is 11.7 Å². The van der Waals surface area contributed by atoms with E-state index in [-0.39, 0.29) is 12.5 Å². The van der Waals surface area contributed by atoms with Gasteiger partial charge in [0, 0.05) is 12.7 Å². The molecule has 1 amide bonds. The molecule has 0 bridgehead atoms. The predicted molar refractivity (Wildman–Crippen MR) is 48.7 cm³/mol. The molecule has 0 aliphatic rings. The van der Waals surface area contributed by atoms with Gasteiger partial charge in [-0.05, 0) is 12.1 Å². The molecular formula is C8H11N3O3. The van der Waals surface area contributed by atoms with Crippen molar-refractivity contribution in [2.24, 2.45) is 5.73 Å². The highest BCUT2D eigenvalue weighted by atomic mass is 16.4. The van der Waals surface area contributed by atoms with Crippen molar-refractivity contribution in [1.82, 2.24) is 10.3 Å². The minimum absolute atomic E-state index is 0.0901. The van der Waals surface area contributed by atoms with E-state index >= 15 is 0 Å². The molecular weight excluding hydrogens is 186 g/mol. The lowest BCUT2D eigenvalue weighted by Crippen LogP contribution is -2.42. The lowest BCUT2D eigenvalue weighted by molar-refractivity contribution is -0.138. The van der Waals surface area contributed by atoms with Crippen molar-refractivity contribution >= 4 is 11.9 Å². The number of nitrogens with two attached hydrogens (primary N) is 1. The number of nitrogens with one attached hydrogen (secondary N) is 2. The van der Waals surface area contributed by atoms with Crippen LogP contribution in [0.5, 0.6) is 0 Å². The Labute approximate surface area is 80.1 Å². The van der Waals surface area contributed by atoms with E-state index in [1.165, 1.54) is 0 Å². The quantitative estimate of drug-likeness (QED) is 0.504. The van der Waals surface area contributed by atoms with Gasteiger partial charge in [0.25, 0.3) is 5.91 Å². The van der Waals surface area contributed by atoms with Crippen LogP contribution < -0.4 is 11.1 Å². The number of aromatic nitrogens is 1. The first-order valence-corrected chi connectivity index (χ1v) is 4.01. The number of amides is 1. The number of carbonyl (C=O) groups excluding carboxylic acids is 1. The summed E-state index contributed by atoms with van der Waals surface area (Å²) in [5.74, 6) is -1.51. The summed E-state index contributed by atoms with van der Waals surface area (Å²) in [5.41, 5.74) is 5.57. The van der Waals surface area contributed by atoms with Crippen LogP contribution in [0, 0.1) is 0 Å². The molecule has 1 aromatic rings. The first-order chi connectivity index (χ1) is 6.61. The topological polar surface area (TPSA) is 108 Å². The van der Waals surface area contributed by atoms with Gasteiger partial charge in [-0.2, -0.15) is 0 Å². The van der Waals surface area contributed by atoms with Crippen LogP contribution in [0.15, 0.2) is 18.3 Å². The average molecular weight is 197 g/mol. The van der Waals surface area contributed by atoms with Crippen molar-refractivity contribution in [3.63, 3.8) is 0 Å². The highest BCUT2D eigenvalue weighted by Gasteiger charge is 2.13. The molecule has 0 fully saturated rings. The number of hydrogen-bond donors (Lipinski definition) is 4. The second-order valence-electron chi connectivity index (χ2n) is 2.74. The Balaban J connectivity index is 2.40. The van der Waals surface area contributed by atoms with Gasteiger partial charge in [-0.25, -0.2) is 0 Å².